The highest BCUT2D eigenvalue weighted by molar-refractivity contribution is 7.92. The minimum Gasteiger partial charge on any atom is -0.298 e. The van der Waals surface area contributed by atoms with Gasteiger partial charge in [-0.1, -0.05) is 112 Å². The smallest absolute Gasteiger partial charge is 0.298 e. The standard InChI is InChI=1S/C39H43N3O4S/c1-5-41-37(40-42(38(41)44)27-30-19-23-34(24-20-30)39(2,3)4)16-10-11-29-17-21-32(22-18-29)33-13-9-12-31(25-33)26-35(43)28-47(45,46)36-14-7-6-8-15-36/h6-9,12-15,17-25H,5,10-11,16,26-28H2,1-4H3. The fourth-order valence-electron chi connectivity index (χ4n) is 5.75. The molecule has 1 heterocycles. The summed E-state index contributed by atoms with van der Waals surface area (Å²) in [5.41, 5.74) is 6.28. The molecule has 0 unspecified atom stereocenters. The zero-order valence-electron chi connectivity index (χ0n) is 27.6. The Hall–Kier alpha value is -4.56. The summed E-state index contributed by atoms with van der Waals surface area (Å²) in [6.45, 7) is 9.58. The Labute approximate surface area is 277 Å². The van der Waals surface area contributed by atoms with Gasteiger partial charge in [0.1, 0.15) is 11.6 Å². The van der Waals surface area contributed by atoms with Crippen LogP contribution in [0.4, 0.5) is 0 Å². The topological polar surface area (TPSA) is 91.0 Å². The number of hydrogen-bond donors (Lipinski definition) is 0. The van der Waals surface area contributed by atoms with Crippen molar-refractivity contribution in [2.45, 2.75) is 76.8 Å². The number of sulfone groups is 1. The van der Waals surface area contributed by atoms with Crippen molar-refractivity contribution in [2.24, 2.45) is 0 Å². The van der Waals surface area contributed by atoms with E-state index < -0.39 is 15.6 Å². The summed E-state index contributed by atoms with van der Waals surface area (Å²) in [4.78, 5) is 25.9. The molecule has 0 bridgehead atoms. The van der Waals surface area contributed by atoms with Crippen molar-refractivity contribution < 1.29 is 13.2 Å². The van der Waals surface area contributed by atoms with Gasteiger partial charge < -0.3 is 0 Å². The second-order valence-electron chi connectivity index (χ2n) is 13.1. The predicted octanol–water partition coefficient (Wildman–Crippen LogP) is 6.84. The molecule has 0 fully saturated rings. The monoisotopic (exact) mass is 649 g/mol. The molecule has 0 aliphatic carbocycles. The molecule has 0 N–H and O–H groups in total. The minimum absolute atomic E-state index is 0.0556. The van der Waals surface area contributed by atoms with E-state index in [-0.39, 0.29) is 28.2 Å². The van der Waals surface area contributed by atoms with E-state index >= 15 is 0 Å². The first kappa shape index (κ1) is 33.8. The number of ketones is 1. The summed E-state index contributed by atoms with van der Waals surface area (Å²) in [6.07, 6.45) is 2.47. The number of carbonyl (C=O) groups excluding carboxylic acids is 1. The normalized spacial score (nSPS) is 11.9. The van der Waals surface area contributed by atoms with Gasteiger partial charge in [-0.3, -0.25) is 9.36 Å². The van der Waals surface area contributed by atoms with E-state index in [1.165, 1.54) is 23.3 Å². The number of rotatable bonds is 13. The fourth-order valence-corrected chi connectivity index (χ4v) is 7.02. The van der Waals surface area contributed by atoms with Gasteiger partial charge in [0.15, 0.2) is 15.6 Å². The molecule has 1 aromatic heterocycles. The largest absolute Gasteiger partial charge is 0.346 e. The molecule has 0 radical (unpaired) electrons. The maximum absolute atomic E-state index is 13.1. The zero-order valence-corrected chi connectivity index (χ0v) is 28.5. The second kappa shape index (κ2) is 14.5. The first-order valence-electron chi connectivity index (χ1n) is 16.2. The van der Waals surface area contributed by atoms with Crippen molar-refractivity contribution in [2.75, 3.05) is 5.75 Å². The van der Waals surface area contributed by atoms with Crippen LogP contribution < -0.4 is 5.69 Å². The summed E-state index contributed by atoms with van der Waals surface area (Å²) >= 11 is 0. The lowest BCUT2D eigenvalue weighted by Gasteiger charge is -2.19. The quantitative estimate of drug-likeness (QED) is 0.139. The van der Waals surface area contributed by atoms with Crippen LogP contribution in [0.5, 0.6) is 0 Å². The van der Waals surface area contributed by atoms with Crippen LogP contribution in [0.3, 0.4) is 0 Å². The summed E-state index contributed by atoms with van der Waals surface area (Å²) in [7, 11) is -3.67. The number of Topliss-reactive ketones (excluding diaryl/α,β-unsaturated/α-hetero) is 1. The second-order valence-corrected chi connectivity index (χ2v) is 15.1. The maximum Gasteiger partial charge on any atom is 0.346 e. The van der Waals surface area contributed by atoms with Gasteiger partial charge in [-0.25, -0.2) is 17.9 Å². The molecule has 0 saturated carbocycles. The number of benzene rings is 4. The Balaban J connectivity index is 1.17. The average Bonchev–Trinajstić information content (AvgIpc) is 3.34. The first-order chi connectivity index (χ1) is 22.4. The third-order valence-electron chi connectivity index (χ3n) is 8.40. The number of nitrogens with zero attached hydrogens (tertiary/aromatic N) is 3. The third-order valence-corrected chi connectivity index (χ3v) is 10.1. The number of aromatic nitrogens is 3. The predicted molar refractivity (Wildman–Crippen MR) is 188 cm³/mol. The zero-order chi connectivity index (χ0) is 33.6. The molecule has 7 nitrogen and oxygen atoms in total. The highest BCUT2D eigenvalue weighted by Gasteiger charge is 2.19. The van der Waals surface area contributed by atoms with Crippen LogP contribution >= 0.6 is 0 Å². The van der Waals surface area contributed by atoms with Crippen LogP contribution in [0.25, 0.3) is 11.1 Å². The van der Waals surface area contributed by atoms with Gasteiger partial charge >= 0.3 is 5.69 Å². The molecular formula is C39H43N3O4S. The van der Waals surface area contributed by atoms with Crippen LogP contribution in [-0.2, 0) is 52.4 Å². The van der Waals surface area contributed by atoms with Gasteiger partial charge in [0, 0.05) is 19.4 Å². The van der Waals surface area contributed by atoms with Crippen molar-refractivity contribution in [3.63, 3.8) is 0 Å². The summed E-state index contributed by atoms with van der Waals surface area (Å²) in [5.74, 6) is -0.0477. The Bertz CT molecular complexity index is 1980. The lowest BCUT2D eigenvalue weighted by atomic mass is 9.87. The van der Waals surface area contributed by atoms with Gasteiger partial charge in [-0.05, 0) is 70.7 Å². The molecule has 5 aromatic rings. The van der Waals surface area contributed by atoms with E-state index in [9.17, 15) is 18.0 Å². The summed E-state index contributed by atoms with van der Waals surface area (Å²) in [5, 5.41) is 4.71. The van der Waals surface area contributed by atoms with Crippen molar-refractivity contribution in [3.05, 3.63) is 142 Å². The van der Waals surface area contributed by atoms with Crippen LogP contribution in [-0.4, -0.2) is 34.3 Å². The first-order valence-corrected chi connectivity index (χ1v) is 17.8. The summed E-state index contributed by atoms with van der Waals surface area (Å²) < 4.78 is 28.6. The summed E-state index contributed by atoms with van der Waals surface area (Å²) in [6, 6.07) is 32.5. The Morgan fingerprint density at radius 1 is 0.766 bits per heavy atom. The molecule has 0 atom stereocenters. The van der Waals surface area contributed by atoms with E-state index in [2.05, 4.69) is 69.3 Å². The van der Waals surface area contributed by atoms with Crippen LogP contribution in [0.1, 0.15) is 62.2 Å². The molecule has 47 heavy (non-hydrogen) atoms. The third kappa shape index (κ3) is 8.63. The molecule has 0 spiro atoms. The number of hydrogen-bond acceptors (Lipinski definition) is 5. The van der Waals surface area contributed by atoms with Crippen molar-refractivity contribution in [1.29, 1.82) is 0 Å². The molecule has 8 heteroatoms. The van der Waals surface area contributed by atoms with Gasteiger partial charge in [0.25, 0.3) is 0 Å². The van der Waals surface area contributed by atoms with Crippen molar-refractivity contribution >= 4 is 15.6 Å². The van der Waals surface area contributed by atoms with Crippen LogP contribution in [0.2, 0.25) is 0 Å². The number of aryl methyl sites for hydroxylation is 2. The molecule has 0 aliphatic heterocycles. The lowest BCUT2D eigenvalue weighted by molar-refractivity contribution is -0.116. The maximum atomic E-state index is 13.1. The Kier molecular flexibility index (Phi) is 10.4. The molecule has 0 aliphatic rings. The van der Waals surface area contributed by atoms with Crippen LogP contribution in [0.15, 0.2) is 113 Å². The SMILES string of the molecule is CCn1c(CCCc2ccc(-c3cccc(CC(=O)CS(=O)(=O)c4ccccc4)c3)cc2)nn(Cc2ccc(C(C)(C)C)cc2)c1=O. The van der Waals surface area contributed by atoms with Gasteiger partial charge in [-0.2, -0.15) is 5.10 Å². The Morgan fingerprint density at radius 2 is 1.45 bits per heavy atom. The van der Waals surface area contributed by atoms with Crippen LogP contribution in [0, 0.1) is 0 Å². The Morgan fingerprint density at radius 3 is 2.11 bits per heavy atom. The molecule has 244 valence electrons. The van der Waals surface area contributed by atoms with Crippen molar-refractivity contribution in [1.82, 2.24) is 14.3 Å². The highest BCUT2D eigenvalue weighted by Crippen LogP contribution is 2.24. The van der Waals surface area contributed by atoms with Gasteiger partial charge in [0.2, 0.25) is 0 Å². The van der Waals surface area contributed by atoms with Gasteiger partial charge in [-0.15, -0.1) is 0 Å². The fraction of sp³-hybridized carbons (Fsp3) is 0.308. The molecule has 4 aromatic carbocycles. The number of carbonyl (C=O) groups is 1. The van der Waals surface area contributed by atoms with E-state index in [4.69, 9.17) is 5.10 Å². The van der Waals surface area contributed by atoms with Gasteiger partial charge in [0.05, 0.1) is 11.4 Å². The molecule has 0 amide bonds. The van der Waals surface area contributed by atoms with E-state index in [0.29, 0.717) is 19.5 Å². The minimum atomic E-state index is -3.67. The van der Waals surface area contributed by atoms with Crippen molar-refractivity contribution in [3.8, 4) is 11.1 Å². The molecule has 5 rings (SSSR count). The average molecular weight is 650 g/mol. The van der Waals surface area contributed by atoms with E-state index in [0.717, 1.165) is 40.9 Å². The van der Waals surface area contributed by atoms with E-state index in [1.807, 2.05) is 31.2 Å². The molecule has 0 saturated heterocycles. The lowest BCUT2D eigenvalue weighted by Crippen LogP contribution is -2.25. The molecular weight excluding hydrogens is 607 g/mol. The highest BCUT2D eigenvalue weighted by atomic mass is 32.2. The van der Waals surface area contributed by atoms with E-state index in [1.54, 1.807) is 27.4 Å².